The van der Waals surface area contributed by atoms with Gasteiger partial charge in [0.1, 0.15) is 5.92 Å². The number of allylic oxidation sites excluding steroid dienone is 1. The van der Waals surface area contributed by atoms with Crippen LogP contribution in [0.15, 0.2) is 46.3 Å². The smallest absolute Gasteiger partial charge is 0.117 e. The highest BCUT2D eigenvalue weighted by molar-refractivity contribution is 5.68. The van der Waals surface area contributed by atoms with Crippen molar-refractivity contribution >= 4 is 5.57 Å². The second kappa shape index (κ2) is 4.14. The van der Waals surface area contributed by atoms with Gasteiger partial charge in [-0.3, -0.25) is 0 Å². The quantitative estimate of drug-likeness (QED) is 0.717. The number of hydrogen-bond donors (Lipinski definition) is 0. The molecule has 0 saturated carbocycles. The molecule has 1 atom stereocenters. The van der Waals surface area contributed by atoms with Crippen LogP contribution >= 0.6 is 0 Å². The van der Waals surface area contributed by atoms with Crippen molar-refractivity contribution < 1.29 is 0 Å². The third-order valence-corrected chi connectivity index (χ3v) is 3.12. The van der Waals surface area contributed by atoms with Crippen LogP contribution in [0.25, 0.3) is 5.57 Å². The second-order valence-electron chi connectivity index (χ2n) is 4.79. The minimum atomic E-state index is -0.417. The molecule has 0 amide bonds. The van der Waals surface area contributed by atoms with E-state index in [-0.39, 0.29) is 5.92 Å². The summed E-state index contributed by atoms with van der Waals surface area (Å²) in [6.07, 6.45) is 0. The zero-order valence-electron chi connectivity index (χ0n) is 10.3. The standard InChI is InChI=1S/C14H15N3/c1-10(11-7-5-4-6-8-11)13-12(9-15)14(2,3)17-16-13/h4-8,12H,1-3H3/b13-10+. The Morgan fingerprint density at radius 1 is 1.29 bits per heavy atom. The number of nitrogens with zero attached hydrogens (tertiary/aromatic N) is 3. The lowest BCUT2D eigenvalue weighted by Gasteiger charge is -2.17. The van der Waals surface area contributed by atoms with Gasteiger partial charge in [0.2, 0.25) is 0 Å². The van der Waals surface area contributed by atoms with Crippen LogP contribution in [-0.2, 0) is 0 Å². The maximum atomic E-state index is 9.26. The van der Waals surface area contributed by atoms with Crippen molar-refractivity contribution in [1.29, 1.82) is 5.26 Å². The summed E-state index contributed by atoms with van der Waals surface area (Å²) in [6.45, 7) is 5.88. The molecule has 1 aliphatic heterocycles. The first-order chi connectivity index (χ1) is 8.06. The Balaban J connectivity index is 2.48. The Hall–Kier alpha value is -1.95. The third kappa shape index (κ3) is 1.99. The van der Waals surface area contributed by atoms with Crippen LogP contribution in [-0.4, -0.2) is 5.54 Å². The van der Waals surface area contributed by atoms with Gasteiger partial charge >= 0.3 is 0 Å². The number of azo groups is 1. The number of nitriles is 1. The molecule has 1 aromatic carbocycles. The molecule has 86 valence electrons. The monoisotopic (exact) mass is 225 g/mol. The summed E-state index contributed by atoms with van der Waals surface area (Å²) in [5.41, 5.74) is 2.51. The van der Waals surface area contributed by atoms with Crippen LogP contribution in [0.2, 0.25) is 0 Å². The largest absolute Gasteiger partial charge is 0.197 e. The van der Waals surface area contributed by atoms with Gasteiger partial charge in [-0.1, -0.05) is 30.3 Å². The lowest BCUT2D eigenvalue weighted by Crippen LogP contribution is -2.24. The van der Waals surface area contributed by atoms with Gasteiger partial charge in [-0.05, 0) is 31.9 Å². The van der Waals surface area contributed by atoms with Gasteiger partial charge in [0.25, 0.3) is 0 Å². The van der Waals surface area contributed by atoms with Crippen LogP contribution < -0.4 is 0 Å². The zero-order valence-corrected chi connectivity index (χ0v) is 10.3. The first-order valence-corrected chi connectivity index (χ1v) is 5.65. The summed E-state index contributed by atoms with van der Waals surface area (Å²) >= 11 is 0. The summed E-state index contributed by atoms with van der Waals surface area (Å²) < 4.78 is 0. The Bertz CT molecular complexity index is 518. The molecule has 1 aromatic rings. The first-order valence-electron chi connectivity index (χ1n) is 5.65. The van der Waals surface area contributed by atoms with Crippen molar-refractivity contribution in [1.82, 2.24) is 0 Å². The van der Waals surface area contributed by atoms with E-state index in [1.165, 1.54) is 0 Å². The topological polar surface area (TPSA) is 48.5 Å². The highest BCUT2D eigenvalue weighted by atomic mass is 15.2. The van der Waals surface area contributed by atoms with Crippen LogP contribution in [0, 0.1) is 17.2 Å². The summed E-state index contributed by atoms with van der Waals surface area (Å²) in [5, 5.41) is 17.7. The van der Waals surface area contributed by atoms with Gasteiger partial charge < -0.3 is 0 Å². The maximum Gasteiger partial charge on any atom is 0.117 e. The van der Waals surface area contributed by atoms with Gasteiger partial charge in [0.15, 0.2) is 0 Å². The molecule has 3 heteroatoms. The fraction of sp³-hybridized carbons (Fsp3) is 0.357. The maximum absolute atomic E-state index is 9.26. The minimum absolute atomic E-state index is 0.261. The Labute approximate surface area is 101 Å². The van der Waals surface area contributed by atoms with Crippen molar-refractivity contribution in [2.45, 2.75) is 26.3 Å². The van der Waals surface area contributed by atoms with Gasteiger partial charge in [-0.2, -0.15) is 15.5 Å². The molecule has 0 bridgehead atoms. The molecule has 2 rings (SSSR count). The van der Waals surface area contributed by atoms with Crippen molar-refractivity contribution in [3.8, 4) is 6.07 Å². The molecule has 3 nitrogen and oxygen atoms in total. The summed E-state index contributed by atoms with van der Waals surface area (Å²) in [4.78, 5) is 0. The molecule has 0 aliphatic carbocycles. The van der Waals surface area contributed by atoms with Crippen LogP contribution in [0.1, 0.15) is 26.3 Å². The van der Waals surface area contributed by atoms with E-state index in [9.17, 15) is 5.26 Å². The molecule has 1 unspecified atom stereocenters. The van der Waals surface area contributed by atoms with Crippen molar-refractivity contribution in [3.05, 3.63) is 41.6 Å². The predicted molar refractivity (Wildman–Crippen MR) is 67.1 cm³/mol. The van der Waals surface area contributed by atoms with Gasteiger partial charge in [-0.25, -0.2) is 0 Å². The van der Waals surface area contributed by atoms with E-state index in [4.69, 9.17) is 0 Å². The van der Waals surface area contributed by atoms with E-state index in [1.807, 2.05) is 51.1 Å². The minimum Gasteiger partial charge on any atom is -0.197 e. The normalized spacial score (nSPS) is 24.5. The first kappa shape index (κ1) is 11.5. The van der Waals surface area contributed by atoms with E-state index in [0.29, 0.717) is 0 Å². The Morgan fingerprint density at radius 2 is 1.94 bits per heavy atom. The average molecular weight is 225 g/mol. The zero-order chi connectivity index (χ0) is 12.5. The molecule has 0 saturated heterocycles. The highest BCUT2D eigenvalue weighted by Gasteiger charge is 2.38. The van der Waals surface area contributed by atoms with Crippen molar-refractivity contribution in [3.63, 3.8) is 0 Å². The van der Waals surface area contributed by atoms with E-state index in [2.05, 4.69) is 16.3 Å². The highest BCUT2D eigenvalue weighted by Crippen LogP contribution is 2.39. The van der Waals surface area contributed by atoms with Gasteiger partial charge in [0.05, 0.1) is 17.3 Å². The average Bonchev–Trinajstić information content (AvgIpc) is 2.64. The van der Waals surface area contributed by atoms with E-state index in [1.54, 1.807) is 0 Å². The lowest BCUT2D eigenvalue weighted by atomic mass is 9.86. The molecule has 0 radical (unpaired) electrons. The van der Waals surface area contributed by atoms with E-state index in [0.717, 1.165) is 16.8 Å². The summed E-state index contributed by atoms with van der Waals surface area (Å²) in [5.74, 6) is -0.261. The molecule has 0 N–H and O–H groups in total. The van der Waals surface area contributed by atoms with Crippen LogP contribution in [0.5, 0.6) is 0 Å². The molecule has 1 heterocycles. The molecule has 0 fully saturated rings. The van der Waals surface area contributed by atoms with Crippen LogP contribution in [0.4, 0.5) is 0 Å². The van der Waals surface area contributed by atoms with E-state index < -0.39 is 5.54 Å². The van der Waals surface area contributed by atoms with Crippen molar-refractivity contribution in [2.75, 3.05) is 0 Å². The van der Waals surface area contributed by atoms with Gasteiger partial charge in [0, 0.05) is 0 Å². The Morgan fingerprint density at radius 3 is 2.53 bits per heavy atom. The molecule has 0 spiro atoms. The van der Waals surface area contributed by atoms with Gasteiger partial charge in [-0.15, -0.1) is 0 Å². The fourth-order valence-corrected chi connectivity index (χ4v) is 1.98. The molecular weight excluding hydrogens is 210 g/mol. The molecule has 1 aliphatic rings. The Kier molecular flexibility index (Phi) is 2.81. The molecular formula is C14H15N3. The molecule has 17 heavy (non-hydrogen) atoms. The number of rotatable bonds is 1. The number of hydrogen-bond acceptors (Lipinski definition) is 3. The lowest BCUT2D eigenvalue weighted by molar-refractivity contribution is 0.467. The van der Waals surface area contributed by atoms with E-state index >= 15 is 0 Å². The third-order valence-electron chi connectivity index (χ3n) is 3.12. The number of benzene rings is 1. The fourth-order valence-electron chi connectivity index (χ4n) is 1.98. The summed E-state index contributed by atoms with van der Waals surface area (Å²) in [7, 11) is 0. The van der Waals surface area contributed by atoms with Crippen molar-refractivity contribution in [2.24, 2.45) is 16.1 Å². The molecule has 0 aromatic heterocycles. The SMILES string of the molecule is C/C(=C1\N=NC(C)(C)C1C#N)c1ccccc1. The summed E-state index contributed by atoms with van der Waals surface area (Å²) in [6, 6.07) is 12.3. The second-order valence-corrected chi connectivity index (χ2v) is 4.79. The predicted octanol–water partition coefficient (Wildman–Crippen LogP) is 3.80. The van der Waals surface area contributed by atoms with Crippen LogP contribution in [0.3, 0.4) is 0 Å².